The molecule has 0 N–H and O–H groups in total. The van der Waals surface area contributed by atoms with E-state index >= 15 is 0 Å². The third kappa shape index (κ3) is 4.70. The highest BCUT2D eigenvalue weighted by atomic mass is 79.9. The SMILES string of the molecule is FC(OC(F)=C(Br)C(F)(F)C(F)(F)F)=C(Br)C(F)(F)C(F)(F)F. The molecule has 0 atom stereocenters. The normalized spacial score (nSPS) is 16.8. The van der Waals surface area contributed by atoms with E-state index in [2.05, 4.69) is 4.74 Å². The highest BCUT2D eigenvalue weighted by Gasteiger charge is 2.63. The van der Waals surface area contributed by atoms with Crippen LogP contribution in [0.15, 0.2) is 21.0 Å². The van der Waals surface area contributed by atoms with Gasteiger partial charge >= 0.3 is 24.2 Å². The Hall–Kier alpha value is -0.600. The summed E-state index contributed by atoms with van der Waals surface area (Å²) in [6, 6.07) is -6.25. The molecule has 0 aliphatic rings. The molecular formula is C8Br2F12O. The fourth-order valence-electron chi connectivity index (χ4n) is 0.664. The molecule has 136 valence electrons. The van der Waals surface area contributed by atoms with Crippen LogP contribution in [0.4, 0.5) is 52.7 Å². The van der Waals surface area contributed by atoms with Crippen LogP contribution in [0.1, 0.15) is 0 Å². The third-order valence-corrected chi connectivity index (χ3v) is 3.41. The summed E-state index contributed by atoms with van der Waals surface area (Å²) in [5, 5.41) is 0. The lowest BCUT2D eigenvalue weighted by Crippen LogP contribution is -2.37. The summed E-state index contributed by atoms with van der Waals surface area (Å²) in [6.07, 6.45) is -12.8. The maximum atomic E-state index is 12.9. The minimum Gasteiger partial charge on any atom is -0.402 e. The number of hydrogen-bond donors (Lipinski definition) is 0. The van der Waals surface area contributed by atoms with E-state index < -0.39 is 45.2 Å². The maximum Gasteiger partial charge on any atom is 0.458 e. The van der Waals surface area contributed by atoms with Gasteiger partial charge in [0.2, 0.25) is 0 Å². The average Bonchev–Trinajstić information content (AvgIpc) is 2.33. The summed E-state index contributed by atoms with van der Waals surface area (Å²) in [5.41, 5.74) is 0. The van der Waals surface area contributed by atoms with E-state index in [1.54, 1.807) is 0 Å². The molecule has 0 aliphatic carbocycles. The molecule has 0 radical (unpaired) electrons. The molecule has 0 saturated heterocycles. The van der Waals surface area contributed by atoms with E-state index in [1.165, 1.54) is 31.9 Å². The van der Waals surface area contributed by atoms with Crippen LogP contribution in [0.25, 0.3) is 0 Å². The molecule has 23 heavy (non-hydrogen) atoms. The van der Waals surface area contributed by atoms with Crippen molar-refractivity contribution in [3.05, 3.63) is 21.0 Å². The Bertz CT molecular complexity index is 468. The number of rotatable bonds is 4. The van der Waals surface area contributed by atoms with Gasteiger partial charge < -0.3 is 4.74 Å². The van der Waals surface area contributed by atoms with Gasteiger partial charge in [0, 0.05) is 0 Å². The van der Waals surface area contributed by atoms with Gasteiger partial charge in [0.1, 0.15) is 8.96 Å². The highest BCUT2D eigenvalue weighted by molar-refractivity contribution is 9.12. The Morgan fingerprint density at radius 2 is 0.783 bits per heavy atom. The Kier molecular flexibility index (Phi) is 6.55. The van der Waals surface area contributed by atoms with Crippen molar-refractivity contribution in [2.24, 2.45) is 0 Å². The second-order valence-electron chi connectivity index (χ2n) is 3.42. The van der Waals surface area contributed by atoms with E-state index in [9.17, 15) is 52.7 Å². The smallest absolute Gasteiger partial charge is 0.402 e. The monoisotopic (exact) mass is 498 g/mol. The minimum absolute atomic E-state index is 1.36. The van der Waals surface area contributed by atoms with Gasteiger partial charge in [0.25, 0.3) is 12.0 Å². The summed E-state index contributed by atoms with van der Waals surface area (Å²) in [4.78, 5) is 0. The molecule has 0 aromatic carbocycles. The first-order valence-electron chi connectivity index (χ1n) is 4.55. The van der Waals surface area contributed by atoms with Gasteiger partial charge in [0.05, 0.1) is 0 Å². The first-order chi connectivity index (χ1) is 9.87. The first kappa shape index (κ1) is 22.4. The lowest BCUT2D eigenvalue weighted by molar-refractivity contribution is -0.262. The van der Waals surface area contributed by atoms with E-state index in [0.717, 1.165) is 0 Å². The quantitative estimate of drug-likeness (QED) is 0.318. The van der Waals surface area contributed by atoms with Crippen molar-refractivity contribution in [1.82, 2.24) is 0 Å². The van der Waals surface area contributed by atoms with Gasteiger partial charge in [-0.05, 0) is 31.9 Å². The van der Waals surface area contributed by atoms with Gasteiger partial charge in [-0.3, -0.25) is 0 Å². The predicted octanol–water partition coefficient (Wildman–Crippen LogP) is 6.47. The summed E-state index contributed by atoms with van der Waals surface area (Å²) in [7, 11) is 0. The maximum absolute atomic E-state index is 12.9. The standard InChI is InChI=1S/C8Br2F12O/c9-1(5(13,14)7(17,18)19)3(11)23-4(12)2(10)6(15,16)8(20,21)22. The van der Waals surface area contributed by atoms with Crippen LogP contribution < -0.4 is 0 Å². The summed E-state index contributed by atoms with van der Waals surface area (Å²) in [5.74, 6) is -11.9. The van der Waals surface area contributed by atoms with Crippen molar-refractivity contribution in [2.75, 3.05) is 0 Å². The van der Waals surface area contributed by atoms with Gasteiger partial charge in [-0.15, -0.1) is 0 Å². The number of ether oxygens (including phenoxy) is 1. The largest absolute Gasteiger partial charge is 0.458 e. The van der Waals surface area contributed by atoms with Crippen LogP contribution in [-0.2, 0) is 4.74 Å². The Labute approximate surface area is 135 Å². The van der Waals surface area contributed by atoms with Crippen molar-refractivity contribution >= 4 is 31.9 Å². The Morgan fingerprint density at radius 1 is 0.565 bits per heavy atom. The minimum atomic E-state index is -6.39. The molecule has 0 fully saturated rings. The van der Waals surface area contributed by atoms with Crippen LogP contribution in [0.2, 0.25) is 0 Å². The molecule has 0 unspecified atom stereocenters. The zero-order valence-electron chi connectivity index (χ0n) is 9.70. The number of halogens is 14. The molecule has 15 heteroatoms. The van der Waals surface area contributed by atoms with Gasteiger partial charge in [-0.25, -0.2) is 0 Å². The fraction of sp³-hybridized carbons (Fsp3) is 0.500. The third-order valence-electron chi connectivity index (χ3n) is 1.79. The van der Waals surface area contributed by atoms with E-state index in [4.69, 9.17) is 0 Å². The zero-order valence-corrected chi connectivity index (χ0v) is 12.9. The molecule has 0 rings (SSSR count). The number of hydrogen-bond acceptors (Lipinski definition) is 1. The molecule has 0 bridgehead atoms. The average molecular weight is 500 g/mol. The Balaban J connectivity index is 5.74. The fourth-order valence-corrected chi connectivity index (χ4v) is 1.28. The van der Waals surface area contributed by atoms with Crippen molar-refractivity contribution in [2.45, 2.75) is 24.2 Å². The van der Waals surface area contributed by atoms with Crippen molar-refractivity contribution < 1.29 is 57.4 Å². The van der Waals surface area contributed by atoms with Crippen LogP contribution in [0.5, 0.6) is 0 Å². The second kappa shape index (κ2) is 6.72. The zero-order chi connectivity index (χ0) is 19.0. The second-order valence-corrected chi connectivity index (χ2v) is 5.01. The van der Waals surface area contributed by atoms with Crippen LogP contribution in [-0.4, -0.2) is 24.2 Å². The van der Waals surface area contributed by atoms with Gasteiger partial charge in [-0.2, -0.15) is 52.7 Å². The van der Waals surface area contributed by atoms with Gasteiger partial charge in [-0.1, -0.05) is 0 Å². The lowest BCUT2D eigenvalue weighted by Gasteiger charge is -2.20. The van der Waals surface area contributed by atoms with Crippen molar-refractivity contribution in [1.29, 1.82) is 0 Å². The van der Waals surface area contributed by atoms with E-state index in [0.29, 0.717) is 0 Å². The van der Waals surface area contributed by atoms with E-state index in [1.807, 2.05) is 0 Å². The molecule has 1 nitrogen and oxygen atoms in total. The summed E-state index contributed by atoms with van der Waals surface area (Å²) in [6.45, 7) is 0. The molecular weight excluding hydrogens is 500 g/mol. The molecule has 0 spiro atoms. The van der Waals surface area contributed by atoms with E-state index in [-0.39, 0.29) is 0 Å². The predicted molar refractivity (Wildman–Crippen MR) is 57.2 cm³/mol. The topological polar surface area (TPSA) is 9.23 Å². The van der Waals surface area contributed by atoms with Gasteiger partial charge in [0.15, 0.2) is 0 Å². The molecule has 0 aliphatic heterocycles. The first-order valence-corrected chi connectivity index (χ1v) is 6.14. The highest BCUT2D eigenvalue weighted by Crippen LogP contribution is 2.47. The number of allylic oxidation sites excluding steroid dienone is 2. The molecule has 0 aromatic rings. The molecule has 0 heterocycles. The summed E-state index contributed by atoms with van der Waals surface area (Å²) < 4.78 is 145. The van der Waals surface area contributed by atoms with Crippen molar-refractivity contribution in [3.63, 3.8) is 0 Å². The van der Waals surface area contributed by atoms with Crippen molar-refractivity contribution in [3.8, 4) is 0 Å². The van der Waals surface area contributed by atoms with Crippen LogP contribution in [0.3, 0.4) is 0 Å². The van der Waals surface area contributed by atoms with Crippen LogP contribution in [0, 0.1) is 0 Å². The molecule has 0 amide bonds. The summed E-state index contributed by atoms with van der Waals surface area (Å²) >= 11 is 2.73. The number of alkyl halides is 10. The Morgan fingerprint density at radius 3 is 0.957 bits per heavy atom. The van der Waals surface area contributed by atoms with Crippen LogP contribution >= 0.6 is 31.9 Å². The molecule has 0 saturated carbocycles. The lowest BCUT2D eigenvalue weighted by atomic mass is 10.3. The molecule has 0 aromatic heterocycles.